The number of carbonyl (C=O) groups excluding carboxylic acids is 1. The number of ether oxygens (including phenoxy) is 1. The molecule has 1 saturated heterocycles. The van der Waals surface area contributed by atoms with Crippen molar-refractivity contribution < 1.29 is 9.53 Å². The number of nitrogens with zero attached hydrogens (tertiary/aromatic N) is 6. The molecular weight excluding hydrogens is 416 g/mol. The average Bonchev–Trinajstić information content (AvgIpc) is 3.39. The van der Waals surface area contributed by atoms with Gasteiger partial charge in [0.15, 0.2) is 5.82 Å². The molecule has 0 bridgehead atoms. The van der Waals surface area contributed by atoms with Gasteiger partial charge in [-0.15, -0.1) is 0 Å². The van der Waals surface area contributed by atoms with E-state index in [1.165, 1.54) is 4.80 Å². The molecule has 0 saturated carbocycles. The topological polar surface area (TPSA) is 86.0 Å². The van der Waals surface area contributed by atoms with Gasteiger partial charge in [-0.05, 0) is 43.2 Å². The Hall–Kier alpha value is -3.91. The number of aromatic nitrogens is 5. The molecule has 1 amide bonds. The van der Waals surface area contributed by atoms with Crippen LogP contribution in [0.25, 0.3) is 17.1 Å². The maximum Gasteiger partial charge on any atom is 0.256 e. The van der Waals surface area contributed by atoms with Gasteiger partial charge in [0, 0.05) is 24.5 Å². The fourth-order valence-electron chi connectivity index (χ4n) is 4.14. The Kier molecular flexibility index (Phi) is 5.91. The average molecular weight is 441 g/mol. The van der Waals surface area contributed by atoms with Gasteiger partial charge in [0.25, 0.3) is 5.91 Å². The number of benzene rings is 2. The highest BCUT2D eigenvalue weighted by molar-refractivity contribution is 5.98. The van der Waals surface area contributed by atoms with Gasteiger partial charge in [-0.3, -0.25) is 4.79 Å². The molecule has 1 fully saturated rings. The van der Waals surface area contributed by atoms with Crippen LogP contribution in [0.15, 0.2) is 73.3 Å². The zero-order valence-electron chi connectivity index (χ0n) is 18.3. The van der Waals surface area contributed by atoms with Gasteiger partial charge in [-0.25, -0.2) is 9.97 Å². The highest BCUT2D eigenvalue weighted by atomic mass is 16.5. The molecule has 2 aromatic carbocycles. The summed E-state index contributed by atoms with van der Waals surface area (Å²) < 4.78 is 5.76. The third-order valence-electron chi connectivity index (χ3n) is 5.73. The third-order valence-corrected chi connectivity index (χ3v) is 5.73. The predicted octanol–water partition coefficient (Wildman–Crippen LogP) is 3.12. The van der Waals surface area contributed by atoms with Crippen LogP contribution in [0.3, 0.4) is 0 Å². The Morgan fingerprint density at radius 2 is 1.85 bits per heavy atom. The van der Waals surface area contributed by atoms with Gasteiger partial charge in [-0.2, -0.15) is 15.0 Å². The van der Waals surface area contributed by atoms with Crippen molar-refractivity contribution in [3.05, 3.63) is 90.0 Å². The van der Waals surface area contributed by atoms with Crippen LogP contribution in [0.1, 0.15) is 21.5 Å². The lowest BCUT2D eigenvalue weighted by Gasteiger charge is -2.36. The van der Waals surface area contributed by atoms with E-state index in [-0.39, 0.29) is 11.9 Å². The molecule has 0 radical (unpaired) electrons. The van der Waals surface area contributed by atoms with Crippen LogP contribution in [0.2, 0.25) is 0 Å². The third kappa shape index (κ3) is 4.51. The van der Waals surface area contributed by atoms with Crippen molar-refractivity contribution in [2.45, 2.75) is 19.4 Å². The van der Waals surface area contributed by atoms with Crippen LogP contribution in [-0.4, -0.2) is 61.6 Å². The molecule has 4 aromatic rings. The van der Waals surface area contributed by atoms with E-state index in [1.54, 1.807) is 30.9 Å². The summed E-state index contributed by atoms with van der Waals surface area (Å²) in [5, 5.41) is 8.46. The molecule has 5 rings (SSSR count). The summed E-state index contributed by atoms with van der Waals surface area (Å²) in [5.41, 5.74) is 4.32. The molecule has 0 spiro atoms. The van der Waals surface area contributed by atoms with E-state index in [0.29, 0.717) is 43.3 Å². The first-order valence-corrected chi connectivity index (χ1v) is 10.9. The minimum absolute atomic E-state index is 0.0400. The Morgan fingerprint density at radius 3 is 2.67 bits per heavy atom. The van der Waals surface area contributed by atoms with Crippen LogP contribution in [0, 0.1) is 6.92 Å². The molecule has 0 aliphatic carbocycles. The molecule has 166 valence electrons. The van der Waals surface area contributed by atoms with Crippen molar-refractivity contribution in [1.29, 1.82) is 0 Å². The standard InChI is InChI=1S/C25H24N6O2/c1-18-6-7-23(31-28-10-11-29-31)22(14-18)25(32)30-12-13-33-17-21(30)16-19-4-2-5-20(15-19)24-26-8-3-9-27-24/h2-11,14-15,21H,12-13,16-17H2,1H3/t21-/m1/s1. The second-order valence-corrected chi connectivity index (χ2v) is 8.04. The van der Waals surface area contributed by atoms with E-state index in [4.69, 9.17) is 4.74 Å². The number of amides is 1. The number of carbonyl (C=O) groups is 1. The van der Waals surface area contributed by atoms with E-state index in [9.17, 15) is 4.79 Å². The van der Waals surface area contributed by atoms with Crippen molar-refractivity contribution in [3.63, 3.8) is 0 Å². The second kappa shape index (κ2) is 9.30. The Morgan fingerprint density at radius 1 is 1.03 bits per heavy atom. The molecule has 1 atom stereocenters. The van der Waals surface area contributed by atoms with Gasteiger partial charge in [0.1, 0.15) is 0 Å². The molecule has 8 heteroatoms. The lowest BCUT2D eigenvalue weighted by Crippen LogP contribution is -2.50. The molecule has 3 heterocycles. The first-order chi connectivity index (χ1) is 16.2. The highest BCUT2D eigenvalue weighted by Gasteiger charge is 2.30. The fraction of sp³-hybridized carbons (Fsp3) is 0.240. The smallest absolute Gasteiger partial charge is 0.256 e. The molecular formula is C25H24N6O2. The minimum atomic E-state index is -0.0860. The van der Waals surface area contributed by atoms with E-state index in [2.05, 4.69) is 32.3 Å². The maximum atomic E-state index is 13.7. The monoisotopic (exact) mass is 440 g/mol. The number of hydrogen-bond donors (Lipinski definition) is 0. The summed E-state index contributed by atoms with van der Waals surface area (Å²) in [7, 11) is 0. The molecule has 1 aliphatic rings. The Balaban J connectivity index is 1.43. The molecule has 33 heavy (non-hydrogen) atoms. The van der Waals surface area contributed by atoms with Gasteiger partial charge < -0.3 is 9.64 Å². The molecule has 2 aromatic heterocycles. The zero-order valence-corrected chi connectivity index (χ0v) is 18.3. The van der Waals surface area contributed by atoms with Crippen molar-refractivity contribution in [2.75, 3.05) is 19.8 Å². The second-order valence-electron chi connectivity index (χ2n) is 8.04. The maximum absolute atomic E-state index is 13.7. The van der Waals surface area contributed by atoms with Crippen LogP contribution in [0.5, 0.6) is 0 Å². The Bertz CT molecular complexity index is 1240. The van der Waals surface area contributed by atoms with Crippen LogP contribution in [0.4, 0.5) is 0 Å². The quantitative estimate of drug-likeness (QED) is 0.474. The van der Waals surface area contributed by atoms with Crippen molar-refractivity contribution in [2.24, 2.45) is 0 Å². The summed E-state index contributed by atoms with van der Waals surface area (Å²) in [4.78, 5) is 25.8. The summed E-state index contributed by atoms with van der Waals surface area (Å²) in [5.74, 6) is 0.644. The fourth-order valence-corrected chi connectivity index (χ4v) is 4.14. The van der Waals surface area contributed by atoms with Crippen molar-refractivity contribution in [1.82, 2.24) is 29.9 Å². The van der Waals surface area contributed by atoms with Crippen molar-refractivity contribution in [3.8, 4) is 17.1 Å². The summed E-state index contributed by atoms with van der Waals surface area (Å²) >= 11 is 0. The van der Waals surface area contributed by atoms with E-state index in [1.807, 2.05) is 42.2 Å². The van der Waals surface area contributed by atoms with E-state index >= 15 is 0 Å². The number of hydrogen-bond acceptors (Lipinski definition) is 6. The largest absolute Gasteiger partial charge is 0.377 e. The Labute approximate surface area is 191 Å². The number of aryl methyl sites for hydroxylation is 1. The minimum Gasteiger partial charge on any atom is -0.377 e. The van der Waals surface area contributed by atoms with Crippen LogP contribution < -0.4 is 0 Å². The lowest BCUT2D eigenvalue weighted by atomic mass is 10.00. The first kappa shape index (κ1) is 21.0. The summed E-state index contributed by atoms with van der Waals surface area (Å²) in [6, 6.07) is 15.6. The SMILES string of the molecule is Cc1ccc(-n2nccn2)c(C(=O)N2CCOC[C@H]2Cc2cccc(-c3ncccn3)c2)c1. The number of rotatable bonds is 5. The summed E-state index contributed by atoms with van der Waals surface area (Å²) in [6.45, 7) is 3.51. The lowest BCUT2D eigenvalue weighted by molar-refractivity contribution is -0.00165. The van der Waals surface area contributed by atoms with Gasteiger partial charge in [0.05, 0.1) is 42.9 Å². The van der Waals surface area contributed by atoms with Crippen molar-refractivity contribution >= 4 is 5.91 Å². The normalized spacial score (nSPS) is 16.0. The summed E-state index contributed by atoms with van der Waals surface area (Å²) in [6.07, 6.45) is 7.36. The highest BCUT2D eigenvalue weighted by Crippen LogP contribution is 2.23. The van der Waals surface area contributed by atoms with E-state index in [0.717, 1.165) is 16.7 Å². The molecule has 0 N–H and O–H groups in total. The zero-order chi connectivity index (χ0) is 22.6. The van der Waals surface area contributed by atoms with Gasteiger partial charge in [-0.1, -0.05) is 29.8 Å². The molecule has 0 unspecified atom stereocenters. The predicted molar refractivity (Wildman–Crippen MR) is 123 cm³/mol. The van der Waals surface area contributed by atoms with Crippen LogP contribution >= 0.6 is 0 Å². The molecule has 1 aliphatic heterocycles. The van der Waals surface area contributed by atoms with Gasteiger partial charge >= 0.3 is 0 Å². The number of morpholine rings is 1. The molecule has 8 nitrogen and oxygen atoms in total. The van der Waals surface area contributed by atoms with Crippen LogP contribution in [-0.2, 0) is 11.2 Å². The van der Waals surface area contributed by atoms with E-state index < -0.39 is 0 Å². The van der Waals surface area contributed by atoms with Gasteiger partial charge in [0.2, 0.25) is 0 Å². The first-order valence-electron chi connectivity index (χ1n) is 10.9.